The molecule has 0 radical (unpaired) electrons. The van der Waals surface area contributed by atoms with E-state index in [-0.39, 0.29) is 17.8 Å². The van der Waals surface area contributed by atoms with Crippen LogP contribution in [-0.2, 0) is 12.7 Å². The molecule has 1 aliphatic heterocycles. The normalized spacial score (nSPS) is 14.3. The number of piperidine rings is 1. The van der Waals surface area contributed by atoms with Crippen LogP contribution < -0.4 is 10.4 Å². The molecular formula is C21H21ClF3N3O3. The molecule has 3 rings (SSSR count). The van der Waals surface area contributed by atoms with Gasteiger partial charge in [-0.15, -0.1) is 0 Å². The maximum Gasteiger partial charge on any atom is 0.417 e. The van der Waals surface area contributed by atoms with Crippen LogP contribution in [0.5, 0.6) is 0 Å². The van der Waals surface area contributed by atoms with Crippen LogP contribution in [-0.4, -0.2) is 35.1 Å². The summed E-state index contributed by atoms with van der Waals surface area (Å²) in [5.74, 6) is -0.694. The molecule has 3 amide bonds. The highest BCUT2D eigenvalue weighted by molar-refractivity contribution is 6.31. The molecule has 2 aromatic carbocycles. The third kappa shape index (κ3) is 5.48. The van der Waals surface area contributed by atoms with Crippen LogP contribution in [0.3, 0.4) is 0 Å². The van der Waals surface area contributed by atoms with Crippen molar-refractivity contribution in [1.29, 1.82) is 0 Å². The molecule has 6 nitrogen and oxygen atoms in total. The summed E-state index contributed by atoms with van der Waals surface area (Å²) in [5.41, 5.74) is 1.38. The molecular weight excluding hydrogens is 435 g/mol. The number of hydrogen-bond acceptors (Lipinski definition) is 3. The fraction of sp³-hybridized carbons (Fsp3) is 0.333. The number of urea groups is 1. The summed E-state index contributed by atoms with van der Waals surface area (Å²) in [6.45, 7) is 1.06. The molecule has 0 atom stereocenters. The first-order valence-electron chi connectivity index (χ1n) is 9.67. The van der Waals surface area contributed by atoms with Crippen LogP contribution in [0.2, 0.25) is 5.02 Å². The monoisotopic (exact) mass is 455 g/mol. The van der Waals surface area contributed by atoms with Gasteiger partial charge in [-0.25, -0.2) is 10.3 Å². The Hall–Kier alpha value is -2.78. The van der Waals surface area contributed by atoms with Gasteiger partial charge in [-0.1, -0.05) is 23.7 Å². The molecule has 0 unspecified atom stereocenters. The first-order chi connectivity index (χ1) is 14.7. The molecule has 1 aliphatic rings. The van der Waals surface area contributed by atoms with E-state index < -0.39 is 28.7 Å². The number of carbonyl (C=O) groups excluding carboxylic acids is 2. The quantitative estimate of drug-likeness (QED) is 0.498. The second-order valence-corrected chi connectivity index (χ2v) is 7.62. The Morgan fingerprint density at radius 2 is 1.71 bits per heavy atom. The van der Waals surface area contributed by atoms with Crippen LogP contribution >= 0.6 is 11.6 Å². The highest BCUT2D eigenvalue weighted by Crippen LogP contribution is 2.37. The zero-order valence-electron chi connectivity index (χ0n) is 16.5. The van der Waals surface area contributed by atoms with Crippen molar-refractivity contribution in [3.8, 4) is 0 Å². The van der Waals surface area contributed by atoms with E-state index in [2.05, 4.69) is 0 Å². The summed E-state index contributed by atoms with van der Waals surface area (Å²) >= 11 is 5.74. The van der Waals surface area contributed by atoms with Crippen LogP contribution in [0.4, 0.5) is 23.7 Å². The molecule has 2 N–H and O–H groups in total. The molecule has 0 spiro atoms. The molecule has 31 heavy (non-hydrogen) atoms. The molecule has 0 aromatic heterocycles. The third-order valence-corrected chi connectivity index (χ3v) is 5.41. The van der Waals surface area contributed by atoms with E-state index in [0.717, 1.165) is 31.4 Å². The van der Waals surface area contributed by atoms with Gasteiger partial charge in [0, 0.05) is 24.3 Å². The van der Waals surface area contributed by atoms with E-state index in [1.807, 2.05) is 0 Å². The number of alkyl halides is 3. The van der Waals surface area contributed by atoms with E-state index in [1.54, 1.807) is 17.0 Å². The Balaban J connectivity index is 1.95. The van der Waals surface area contributed by atoms with Gasteiger partial charge in [-0.2, -0.15) is 13.2 Å². The van der Waals surface area contributed by atoms with Crippen molar-refractivity contribution in [2.45, 2.75) is 32.0 Å². The van der Waals surface area contributed by atoms with Crippen molar-refractivity contribution >= 4 is 29.2 Å². The molecule has 0 bridgehead atoms. The van der Waals surface area contributed by atoms with Gasteiger partial charge in [0.25, 0.3) is 5.91 Å². The minimum Gasteiger partial charge on any atom is -0.324 e. The molecule has 1 fully saturated rings. The van der Waals surface area contributed by atoms with E-state index in [1.165, 1.54) is 28.6 Å². The number of benzene rings is 2. The lowest BCUT2D eigenvalue weighted by Gasteiger charge is -2.33. The van der Waals surface area contributed by atoms with E-state index >= 15 is 0 Å². The van der Waals surface area contributed by atoms with Gasteiger partial charge in [0.2, 0.25) is 0 Å². The number of hydroxylamine groups is 1. The zero-order valence-corrected chi connectivity index (χ0v) is 17.2. The van der Waals surface area contributed by atoms with E-state index in [0.29, 0.717) is 18.7 Å². The van der Waals surface area contributed by atoms with Crippen molar-refractivity contribution in [2.75, 3.05) is 18.0 Å². The second kappa shape index (κ2) is 9.57. The van der Waals surface area contributed by atoms with Gasteiger partial charge in [-0.05, 0) is 55.2 Å². The Labute approximate surface area is 182 Å². The topological polar surface area (TPSA) is 72.9 Å². The van der Waals surface area contributed by atoms with Gasteiger partial charge in [-0.3, -0.25) is 14.9 Å². The van der Waals surface area contributed by atoms with Crippen LogP contribution in [0.25, 0.3) is 0 Å². The highest BCUT2D eigenvalue weighted by Gasteiger charge is 2.34. The molecule has 166 valence electrons. The minimum atomic E-state index is -4.66. The lowest BCUT2D eigenvalue weighted by Crippen LogP contribution is -2.45. The number of carbonyl (C=O) groups is 2. The van der Waals surface area contributed by atoms with Crippen LogP contribution in [0.1, 0.15) is 40.7 Å². The zero-order chi connectivity index (χ0) is 22.6. The number of likely N-dealkylation sites (tertiary alicyclic amines) is 1. The van der Waals surface area contributed by atoms with Crippen molar-refractivity contribution in [2.24, 2.45) is 0 Å². The summed E-state index contributed by atoms with van der Waals surface area (Å²) in [6.07, 6.45) is -2.00. The van der Waals surface area contributed by atoms with Gasteiger partial charge in [0.05, 0.1) is 17.1 Å². The molecule has 1 saturated heterocycles. The predicted molar refractivity (Wildman–Crippen MR) is 109 cm³/mol. The number of nitrogens with zero attached hydrogens (tertiary/aromatic N) is 2. The minimum absolute atomic E-state index is 0.00468. The molecule has 0 saturated carbocycles. The first kappa shape index (κ1) is 22.9. The van der Waals surface area contributed by atoms with E-state index in [9.17, 15) is 22.8 Å². The SMILES string of the molecule is O=C(NO)c1ccc(CN(C(=O)N2CCCCC2)c2ccc(Cl)c(C(F)(F)F)c2)cc1. The Morgan fingerprint density at radius 1 is 1.06 bits per heavy atom. The maximum atomic E-state index is 13.4. The number of amides is 3. The molecule has 2 aromatic rings. The fourth-order valence-electron chi connectivity index (χ4n) is 3.43. The van der Waals surface area contributed by atoms with E-state index in [4.69, 9.17) is 16.8 Å². The van der Waals surface area contributed by atoms with Crippen LogP contribution in [0.15, 0.2) is 42.5 Å². The lowest BCUT2D eigenvalue weighted by atomic mass is 10.1. The Kier molecular flexibility index (Phi) is 7.07. The maximum absolute atomic E-state index is 13.4. The smallest absolute Gasteiger partial charge is 0.324 e. The Morgan fingerprint density at radius 3 is 2.29 bits per heavy atom. The predicted octanol–water partition coefficient (Wildman–Crippen LogP) is 5.09. The number of rotatable bonds is 4. The molecule has 0 aliphatic carbocycles. The van der Waals surface area contributed by atoms with Crippen molar-refractivity contribution in [3.05, 3.63) is 64.2 Å². The number of hydrogen-bond donors (Lipinski definition) is 2. The number of halogens is 4. The summed E-state index contributed by atoms with van der Waals surface area (Å²) in [5, 5.41) is 8.28. The van der Waals surface area contributed by atoms with Crippen molar-refractivity contribution < 1.29 is 28.0 Å². The number of anilines is 1. The highest BCUT2D eigenvalue weighted by atomic mass is 35.5. The van der Waals surface area contributed by atoms with Gasteiger partial charge in [0.1, 0.15) is 0 Å². The molecule has 10 heteroatoms. The van der Waals surface area contributed by atoms with Crippen LogP contribution in [0, 0.1) is 0 Å². The largest absolute Gasteiger partial charge is 0.417 e. The second-order valence-electron chi connectivity index (χ2n) is 7.22. The number of nitrogens with one attached hydrogen (secondary N) is 1. The van der Waals surface area contributed by atoms with Gasteiger partial charge >= 0.3 is 12.2 Å². The van der Waals surface area contributed by atoms with Crippen molar-refractivity contribution in [3.63, 3.8) is 0 Å². The molecule has 1 heterocycles. The Bertz CT molecular complexity index is 945. The first-order valence-corrected chi connectivity index (χ1v) is 10.0. The summed E-state index contributed by atoms with van der Waals surface area (Å²) in [4.78, 5) is 27.6. The fourth-order valence-corrected chi connectivity index (χ4v) is 3.66. The van der Waals surface area contributed by atoms with Gasteiger partial charge < -0.3 is 4.90 Å². The summed E-state index contributed by atoms with van der Waals surface area (Å²) in [7, 11) is 0. The lowest BCUT2D eigenvalue weighted by molar-refractivity contribution is -0.137. The summed E-state index contributed by atoms with van der Waals surface area (Å²) < 4.78 is 40.1. The average Bonchev–Trinajstić information content (AvgIpc) is 2.77. The van der Waals surface area contributed by atoms with Gasteiger partial charge in [0.15, 0.2) is 0 Å². The van der Waals surface area contributed by atoms with Crippen molar-refractivity contribution in [1.82, 2.24) is 10.4 Å². The third-order valence-electron chi connectivity index (χ3n) is 5.08. The standard InChI is InChI=1S/C21H21ClF3N3O3/c22-18-9-8-16(12-17(18)21(23,24)25)28(20(30)27-10-2-1-3-11-27)13-14-4-6-15(7-5-14)19(29)26-31/h4-9,12,31H,1-3,10-11,13H2,(H,26,29). The average molecular weight is 456 g/mol. The summed E-state index contributed by atoms with van der Waals surface area (Å²) in [6, 6.07) is 9.03.